The SMILES string of the molecule is NCCC(=O)NCC(=O)NCC#Cc1cn([C@H]2C[C@H](O)[C@@H](COP(=O)(O)OP(=O)(O)OP(=O)(O)O)O2)c(=O)[nH]c1=O. The number of hydrogen-bond donors (Lipinski definition) is 9. The van der Waals surface area contributed by atoms with Crippen molar-refractivity contribution in [3.05, 3.63) is 32.6 Å². The fraction of sp³-hybridized carbons (Fsp3) is 0.529. The maximum absolute atomic E-state index is 12.3. The van der Waals surface area contributed by atoms with Gasteiger partial charge in [0.05, 0.1) is 25.8 Å². The van der Waals surface area contributed by atoms with Gasteiger partial charge in [-0.05, 0) is 0 Å². The van der Waals surface area contributed by atoms with Gasteiger partial charge in [0, 0.05) is 25.6 Å². The Bertz CT molecular complexity index is 1440. The van der Waals surface area contributed by atoms with E-state index in [9.17, 15) is 47.8 Å². The summed E-state index contributed by atoms with van der Waals surface area (Å²) in [5.74, 6) is 3.92. The van der Waals surface area contributed by atoms with Crippen LogP contribution in [0, 0.1) is 11.8 Å². The van der Waals surface area contributed by atoms with E-state index in [0.717, 1.165) is 10.8 Å². The van der Waals surface area contributed by atoms with Crippen LogP contribution in [-0.4, -0.2) is 84.5 Å². The van der Waals surface area contributed by atoms with E-state index >= 15 is 0 Å². The van der Waals surface area contributed by atoms with Gasteiger partial charge in [-0.2, -0.15) is 8.62 Å². The van der Waals surface area contributed by atoms with E-state index in [-0.39, 0.29) is 38.0 Å². The topological polar surface area (TPSA) is 328 Å². The van der Waals surface area contributed by atoms with Gasteiger partial charge in [0.2, 0.25) is 11.8 Å². The zero-order valence-electron chi connectivity index (χ0n) is 20.6. The average Bonchev–Trinajstić information content (AvgIpc) is 3.18. The zero-order valence-corrected chi connectivity index (χ0v) is 23.3. The maximum Gasteiger partial charge on any atom is 0.490 e. The number of nitrogens with zero attached hydrogens (tertiary/aromatic N) is 1. The summed E-state index contributed by atoms with van der Waals surface area (Å²) in [6, 6.07) is 0. The highest BCUT2D eigenvalue weighted by molar-refractivity contribution is 7.66. The van der Waals surface area contributed by atoms with Crippen molar-refractivity contribution in [2.75, 3.05) is 26.2 Å². The van der Waals surface area contributed by atoms with Gasteiger partial charge in [0.1, 0.15) is 17.9 Å². The molecule has 10 N–H and O–H groups in total. The summed E-state index contributed by atoms with van der Waals surface area (Å²) < 4.78 is 51.8. The number of aliphatic hydroxyl groups is 1. The summed E-state index contributed by atoms with van der Waals surface area (Å²) in [5.41, 5.74) is 3.11. The van der Waals surface area contributed by atoms with Crippen LogP contribution in [0.1, 0.15) is 24.6 Å². The molecule has 0 saturated carbocycles. The molecule has 2 unspecified atom stereocenters. The Hall–Kier alpha value is -2.53. The van der Waals surface area contributed by atoms with Gasteiger partial charge in [-0.25, -0.2) is 18.5 Å². The van der Waals surface area contributed by atoms with Crippen molar-refractivity contribution < 1.29 is 65.8 Å². The molecule has 2 amide bonds. The summed E-state index contributed by atoms with van der Waals surface area (Å²) in [5, 5.41) is 14.9. The molecule has 1 aliphatic heterocycles. The lowest BCUT2D eigenvalue weighted by atomic mass is 10.2. The normalized spacial score (nSPS) is 21.7. The zero-order chi connectivity index (χ0) is 31.0. The largest absolute Gasteiger partial charge is 0.490 e. The Labute approximate surface area is 229 Å². The van der Waals surface area contributed by atoms with Crippen molar-refractivity contribution in [3.8, 4) is 11.8 Å². The van der Waals surface area contributed by atoms with Crippen molar-refractivity contribution in [2.45, 2.75) is 31.3 Å². The summed E-state index contributed by atoms with van der Waals surface area (Å²) >= 11 is 0. The molecule has 24 heteroatoms. The van der Waals surface area contributed by atoms with Crippen molar-refractivity contribution in [3.63, 3.8) is 0 Å². The van der Waals surface area contributed by atoms with E-state index in [2.05, 4.69) is 35.6 Å². The Kier molecular flexibility index (Phi) is 12.3. The molecule has 1 aromatic heterocycles. The Balaban J connectivity index is 2.01. The second kappa shape index (κ2) is 14.6. The molecule has 0 spiro atoms. The molecule has 21 nitrogen and oxygen atoms in total. The quantitative estimate of drug-likeness (QED) is 0.0738. The summed E-state index contributed by atoms with van der Waals surface area (Å²) in [4.78, 5) is 85.2. The first-order chi connectivity index (χ1) is 18.9. The lowest BCUT2D eigenvalue weighted by Gasteiger charge is -2.19. The molecule has 2 rings (SSSR count). The monoisotopic (exact) mass is 649 g/mol. The number of nitrogens with two attached hydrogens (primary N) is 1. The Morgan fingerprint density at radius 2 is 1.80 bits per heavy atom. The molecule has 0 bridgehead atoms. The lowest BCUT2D eigenvalue weighted by Crippen LogP contribution is -2.37. The highest BCUT2D eigenvalue weighted by Crippen LogP contribution is 2.66. The highest BCUT2D eigenvalue weighted by atomic mass is 31.3. The second-order valence-electron chi connectivity index (χ2n) is 7.92. The standard InChI is InChI=1S/C17H26N5O16P3/c18-4-3-13(24)20-7-14(25)19-5-1-2-10-8-22(17(27)21-16(10)26)15-6-11(23)12(36-15)9-35-40(31,32)38-41(33,34)37-39(28,29)30/h8,11-12,15,23H,3-7,9,18H2,(H,19,25)(H,20,24)(H,31,32)(H,33,34)(H,21,26,27)(H2,28,29,30)/t11-,12+,15+/m0/s1. The van der Waals surface area contributed by atoms with E-state index in [4.69, 9.17) is 20.3 Å². The molecule has 41 heavy (non-hydrogen) atoms. The van der Waals surface area contributed by atoms with Crippen LogP contribution < -0.4 is 27.6 Å². The summed E-state index contributed by atoms with van der Waals surface area (Å²) in [6.07, 6.45) is -3.41. The molecule has 230 valence electrons. The summed E-state index contributed by atoms with van der Waals surface area (Å²) in [7, 11) is -16.8. The Morgan fingerprint density at radius 1 is 1.12 bits per heavy atom. The van der Waals surface area contributed by atoms with Crippen molar-refractivity contribution in [1.82, 2.24) is 20.2 Å². The first-order valence-electron chi connectivity index (χ1n) is 11.1. The highest BCUT2D eigenvalue weighted by Gasteiger charge is 2.43. The number of nitrogens with one attached hydrogen (secondary N) is 3. The van der Waals surface area contributed by atoms with Gasteiger partial charge in [-0.15, -0.1) is 0 Å². The number of hydrogen-bond acceptors (Lipinski definition) is 13. The third-order valence-electron chi connectivity index (χ3n) is 4.71. The molecule has 1 aromatic rings. The molecule has 2 heterocycles. The molecule has 1 saturated heterocycles. The van der Waals surface area contributed by atoms with E-state index in [1.54, 1.807) is 0 Å². The van der Waals surface area contributed by atoms with Gasteiger partial charge in [-0.1, -0.05) is 11.8 Å². The van der Waals surface area contributed by atoms with Gasteiger partial charge in [0.25, 0.3) is 5.56 Å². The van der Waals surface area contributed by atoms with Gasteiger partial charge in [0.15, 0.2) is 0 Å². The molecular weight excluding hydrogens is 623 g/mol. The van der Waals surface area contributed by atoms with E-state index in [1.807, 2.05) is 4.98 Å². The number of phosphoric ester groups is 1. The number of carbonyl (C=O) groups is 2. The van der Waals surface area contributed by atoms with Gasteiger partial charge >= 0.3 is 29.2 Å². The van der Waals surface area contributed by atoms with Crippen LogP contribution in [0.2, 0.25) is 0 Å². The van der Waals surface area contributed by atoms with Crippen LogP contribution >= 0.6 is 23.5 Å². The minimum absolute atomic E-state index is 0.0435. The number of aliphatic hydroxyl groups excluding tert-OH is 1. The van der Waals surface area contributed by atoms with Crippen LogP contribution in [0.15, 0.2) is 15.8 Å². The number of H-pyrrole nitrogens is 1. The van der Waals surface area contributed by atoms with Crippen LogP contribution in [-0.2, 0) is 41.2 Å². The van der Waals surface area contributed by atoms with Crippen molar-refractivity contribution >= 4 is 35.3 Å². The third-order valence-corrected chi connectivity index (χ3v) is 8.52. The number of rotatable bonds is 13. The number of aromatic amines is 1. The van der Waals surface area contributed by atoms with Crippen molar-refractivity contribution in [2.24, 2.45) is 5.73 Å². The number of phosphoric acid groups is 3. The van der Waals surface area contributed by atoms with Crippen LogP contribution in [0.25, 0.3) is 0 Å². The number of amides is 2. The smallest absolute Gasteiger partial charge is 0.390 e. The second-order valence-corrected chi connectivity index (χ2v) is 12.3. The first kappa shape index (κ1) is 34.7. The van der Waals surface area contributed by atoms with Gasteiger partial charge < -0.3 is 45.8 Å². The fourth-order valence-corrected chi connectivity index (χ4v) is 6.07. The molecule has 0 radical (unpaired) electrons. The van der Waals surface area contributed by atoms with E-state index in [0.29, 0.717) is 0 Å². The third kappa shape index (κ3) is 12.1. The molecule has 1 aliphatic rings. The fourth-order valence-electron chi connectivity index (χ4n) is 3.04. The van der Waals surface area contributed by atoms with Crippen LogP contribution in [0.3, 0.4) is 0 Å². The summed E-state index contributed by atoms with van der Waals surface area (Å²) in [6.45, 7) is -1.41. The first-order valence-corrected chi connectivity index (χ1v) is 15.6. The predicted molar refractivity (Wildman–Crippen MR) is 132 cm³/mol. The molecule has 1 fully saturated rings. The van der Waals surface area contributed by atoms with Gasteiger partial charge in [-0.3, -0.25) is 28.5 Å². The van der Waals surface area contributed by atoms with Crippen LogP contribution in [0.5, 0.6) is 0 Å². The minimum atomic E-state index is -5.76. The molecular formula is C17H26N5O16P3. The predicted octanol–water partition coefficient (Wildman–Crippen LogP) is -3.54. The van der Waals surface area contributed by atoms with E-state index in [1.165, 1.54) is 0 Å². The molecule has 0 aromatic carbocycles. The average molecular weight is 649 g/mol. The number of aromatic nitrogens is 2. The van der Waals surface area contributed by atoms with Crippen LogP contribution in [0.4, 0.5) is 0 Å². The van der Waals surface area contributed by atoms with E-state index < -0.39 is 71.6 Å². The number of ether oxygens (including phenoxy) is 1. The number of carbonyl (C=O) groups excluding carboxylic acids is 2. The molecule has 0 aliphatic carbocycles. The maximum atomic E-state index is 12.3. The van der Waals surface area contributed by atoms with Crippen molar-refractivity contribution in [1.29, 1.82) is 0 Å². The minimum Gasteiger partial charge on any atom is -0.390 e. The Morgan fingerprint density at radius 3 is 2.44 bits per heavy atom. The lowest BCUT2D eigenvalue weighted by molar-refractivity contribution is -0.125. The molecule has 5 atom stereocenters.